The van der Waals surface area contributed by atoms with Crippen molar-refractivity contribution >= 4 is 63.9 Å². The van der Waals surface area contributed by atoms with E-state index in [1.165, 1.54) is 23.0 Å². The first-order valence-electron chi connectivity index (χ1n) is 10.2. The van der Waals surface area contributed by atoms with Crippen molar-refractivity contribution in [2.45, 2.75) is 26.3 Å². The number of fused-ring (bicyclic) bond motifs is 1. The number of aryl methyl sites for hydroxylation is 1. The molecule has 0 aliphatic rings. The van der Waals surface area contributed by atoms with E-state index in [9.17, 15) is 9.18 Å². The standard InChI is InChI=1S/C23H18Cl3FN6O/c1-4-16(31-21-20(28-3)11(2)29-10-30-21)22-32-17-6-5-15(27)19(26)18(17)23(34)33(22)14-8-12(24)7-13(25)9-14/h5-10,16H,3-4H2,1-2H3,(H,29,30,31)/t16-/m1/s1. The molecule has 0 saturated carbocycles. The predicted octanol–water partition coefficient (Wildman–Crippen LogP) is 6.48. The molecule has 0 spiro atoms. The van der Waals surface area contributed by atoms with Gasteiger partial charge in [0.15, 0.2) is 5.82 Å². The number of nitrogens with one attached hydrogen (secondary N) is 1. The highest BCUT2D eigenvalue weighted by molar-refractivity contribution is 6.35. The largest absolute Gasteiger partial charge is 0.358 e. The normalized spacial score (nSPS) is 12.1. The van der Waals surface area contributed by atoms with E-state index in [4.69, 9.17) is 39.8 Å². The van der Waals surface area contributed by atoms with Gasteiger partial charge in [-0.3, -0.25) is 14.4 Å². The topological polar surface area (TPSA) is 85.1 Å². The van der Waals surface area contributed by atoms with Gasteiger partial charge in [-0.05, 0) is 50.4 Å². The zero-order valence-corrected chi connectivity index (χ0v) is 20.4. The van der Waals surface area contributed by atoms with Gasteiger partial charge in [0.25, 0.3) is 5.56 Å². The lowest BCUT2D eigenvalue weighted by atomic mass is 10.1. The van der Waals surface area contributed by atoms with E-state index in [1.807, 2.05) is 6.92 Å². The molecule has 0 amide bonds. The van der Waals surface area contributed by atoms with Crippen LogP contribution in [0.3, 0.4) is 0 Å². The molecule has 0 aliphatic heterocycles. The molecule has 0 radical (unpaired) electrons. The average molecular weight is 520 g/mol. The molecule has 2 aromatic carbocycles. The highest BCUT2D eigenvalue weighted by Crippen LogP contribution is 2.32. The fourth-order valence-corrected chi connectivity index (χ4v) is 4.41. The van der Waals surface area contributed by atoms with E-state index in [2.05, 4.69) is 27.0 Å². The van der Waals surface area contributed by atoms with Gasteiger partial charge in [0.05, 0.1) is 33.3 Å². The molecular weight excluding hydrogens is 502 g/mol. The molecule has 0 saturated heterocycles. The van der Waals surface area contributed by atoms with Crippen molar-refractivity contribution in [1.29, 1.82) is 0 Å². The third-order valence-corrected chi connectivity index (χ3v) is 6.06. The van der Waals surface area contributed by atoms with Crippen molar-refractivity contribution in [2.75, 3.05) is 5.32 Å². The van der Waals surface area contributed by atoms with Crippen LogP contribution in [0.25, 0.3) is 16.6 Å². The summed E-state index contributed by atoms with van der Waals surface area (Å²) in [6, 6.07) is 6.74. The Balaban J connectivity index is 2.02. The Morgan fingerprint density at radius 3 is 2.53 bits per heavy atom. The highest BCUT2D eigenvalue weighted by atomic mass is 35.5. The van der Waals surface area contributed by atoms with Gasteiger partial charge in [0.2, 0.25) is 0 Å². The number of aromatic nitrogens is 4. The summed E-state index contributed by atoms with van der Waals surface area (Å²) in [5.41, 5.74) is 1.15. The summed E-state index contributed by atoms with van der Waals surface area (Å²) in [7, 11) is 0. The molecule has 1 atom stereocenters. The fourth-order valence-electron chi connectivity index (χ4n) is 3.65. The van der Waals surface area contributed by atoms with Crippen LogP contribution >= 0.6 is 34.8 Å². The number of hydrogen-bond donors (Lipinski definition) is 1. The maximum absolute atomic E-state index is 14.2. The van der Waals surface area contributed by atoms with Crippen LogP contribution < -0.4 is 10.9 Å². The fraction of sp³-hybridized carbons (Fsp3) is 0.174. The molecule has 0 unspecified atom stereocenters. The molecule has 0 aliphatic carbocycles. The maximum atomic E-state index is 14.2. The van der Waals surface area contributed by atoms with Gasteiger partial charge in [-0.15, -0.1) is 0 Å². The SMILES string of the molecule is C=Nc1c(C)ncnc1N[C@H](CC)c1nc2ccc(F)c(Cl)c2c(=O)n1-c1cc(Cl)cc(Cl)c1. The minimum absolute atomic E-state index is 0.0531. The monoisotopic (exact) mass is 518 g/mol. The summed E-state index contributed by atoms with van der Waals surface area (Å²) in [4.78, 5) is 30.8. The Morgan fingerprint density at radius 2 is 1.88 bits per heavy atom. The zero-order chi connectivity index (χ0) is 24.6. The van der Waals surface area contributed by atoms with Gasteiger partial charge in [0.1, 0.15) is 23.7 Å². The lowest BCUT2D eigenvalue weighted by Crippen LogP contribution is -2.28. The molecule has 0 fully saturated rings. The van der Waals surface area contributed by atoms with Crippen LogP contribution in [0.5, 0.6) is 0 Å². The van der Waals surface area contributed by atoms with Crippen LogP contribution in [0, 0.1) is 12.7 Å². The number of halogens is 4. The summed E-state index contributed by atoms with van der Waals surface area (Å²) in [6.45, 7) is 7.29. The number of nitrogens with zero attached hydrogens (tertiary/aromatic N) is 5. The molecule has 7 nitrogen and oxygen atoms in total. The number of benzene rings is 2. The van der Waals surface area contributed by atoms with E-state index >= 15 is 0 Å². The number of anilines is 1. The molecule has 34 heavy (non-hydrogen) atoms. The molecule has 2 aromatic heterocycles. The van der Waals surface area contributed by atoms with Crippen LogP contribution in [0.2, 0.25) is 15.1 Å². The molecule has 11 heteroatoms. The van der Waals surface area contributed by atoms with Crippen LogP contribution in [-0.4, -0.2) is 26.2 Å². The number of aliphatic imine (C=N–C) groups is 1. The van der Waals surface area contributed by atoms with Crippen molar-refractivity contribution in [3.8, 4) is 5.69 Å². The molecule has 4 rings (SSSR count). The molecule has 0 bridgehead atoms. The Bertz CT molecular complexity index is 1470. The van der Waals surface area contributed by atoms with Crippen LogP contribution in [0.4, 0.5) is 15.9 Å². The summed E-state index contributed by atoms with van der Waals surface area (Å²) in [5, 5.41) is 3.55. The molecule has 174 valence electrons. The van der Waals surface area contributed by atoms with E-state index in [0.717, 1.165) is 0 Å². The second-order valence-electron chi connectivity index (χ2n) is 7.41. The second-order valence-corrected chi connectivity index (χ2v) is 8.66. The van der Waals surface area contributed by atoms with Gasteiger partial charge < -0.3 is 5.32 Å². The van der Waals surface area contributed by atoms with Crippen molar-refractivity contribution in [3.63, 3.8) is 0 Å². The lowest BCUT2D eigenvalue weighted by molar-refractivity contribution is 0.628. The maximum Gasteiger partial charge on any atom is 0.267 e. The molecule has 1 N–H and O–H groups in total. The van der Waals surface area contributed by atoms with Crippen LogP contribution in [-0.2, 0) is 0 Å². The summed E-state index contributed by atoms with van der Waals surface area (Å²) in [6.07, 6.45) is 1.90. The molecule has 4 aromatic rings. The van der Waals surface area contributed by atoms with Crippen LogP contribution in [0.1, 0.15) is 30.9 Å². The highest BCUT2D eigenvalue weighted by Gasteiger charge is 2.24. The Hall–Kier alpha value is -3.07. The molecular formula is C23H18Cl3FN6O. The molecule has 2 heterocycles. The average Bonchev–Trinajstić information content (AvgIpc) is 2.79. The van der Waals surface area contributed by atoms with Gasteiger partial charge >= 0.3 is 0 Å². The Kier molecular flexibility index (Phi) is 6.84. The van der Waals surface area contributed by atoms with Crippen molar-refractivity contribution in [1.82, 2.24) is 19.5 Å². The van der Waals surface area contributed by atoms with E-state index in [-0.39, 0.29) is 15.9 Å². The van der Waals surface area contributed by atoms with Gasteiger partial charge in [0, 0.05) is 10.0 Å². The van der Waals surface area contributed by atoms with E-state index < -0.39 is 17.4 Å². The number of rotatable bonds is 6. The Labute approximate surface area is 209 Å². The summed E-state index contributed by atoms with van der Waals surface area (Å²) < 4.78 is 15.6. The van der Waals surface area contributed by atoms with Gasteiger partial charge in [-0.25, -0.2) is 19.3 Å². The summed E-state index contributed by atoms with van der Waals surface area (Å²) in [5.74, 6) is 0.0311. The van der Waals surface area contributed by atoms with Crippen molar-refractivity contribution in [2.24, 2.45) is 4.99 Å². The van der Waals surface area contributed by atoms with Crippen molar-refractivity contribution in [3.05, 3.63) is 79.4 Å². The zero-order valence-electron chi connectivity index (χ0n) is 18.1. The second kappa shape index (κ2) is 9.66. The lowest BCUT2D eigenvalue weighted by Gasteiger charge is -2.23. The van der Waals surface area contributed by atoms with Crippen LogP contribution in [0.15, 0.2) is 46.4 Å². The first-order valence-corrected chi connectivity index (χ1v) is 11.3. The third kappa shape index (κ3) is 4.36. The quantitative estimate of drug-likeness (QED) is 0.295. The Morgan fingerprint density at radius 1 is 1.18 bits per heavy atom. The van der Waals surface area contributed by atoms with Gasteiger partial charge in [-0.2, -0.15) is 0 Å². The van der Waals surface area contributed by atoms with Crippen molar-refractivity contribution < 1.29 is 4.39 Å². The minimum Gasteiger partial charge on any atom is -0.358 e. The van der Waals surface area contributed by atoms with E-state index in [1.54, 1.807) is 25.1 Å². The first-order chi connectivity index (χ1) is 16.2. The van der Waals surface area contributed by atoms with Gasteiger partial charge in [-0.1, -0.05) is 41.7 Å². The third-order valence-electron chi connectivity index (χ3n) is 5.25. The van der Waals surface area contributed by atoms with E-state index in [0.29, 0.717) is 45.2 Å². The summed E-state index contributed by atoms with van der Waals surface area (Å²) >= 11 is 18.6. The first kappa shape index (κ1) is 24.1. The predicted molar refractivity (Wildman–Crippen MR) is 135 cm³/mol. The number of hydrogen-bond acceptors (Lipinski definition) is 6. The minimum atomic E-state index is -0.722. The smallest absolute Gasteiger partial charge is 0.267 e.